The SMILES string of the molecule is CC/C(C)=C/c1[nH]nc(-c2cnn(C)c2)c1/C=C(\C)c1c(F)ccc(CNC)c1C(F)(F)F. The Morgan fingerprint density at radius 3 is 2.52 bits per heavy atom. The highest BCUT2D eigenvalue weighted by Gasteiger charge is 2.37. The first-order valence-corrected chi connectivity index (χ1v) is 10.5. The summed E-state index contributed by atoms with van der Waals surface area (Å²) in [5, 5.41) is 14.2. The molecule has 5 nitrogen and oxygen atoms in total. The molecule has 1 aromatic carbocycles. The number of hydrogen-bond acceptors (Lipinski definition) is 3. The van der Waals surface area contributed by atoms with E-state index < -0.39 is 23.1 Å². The topological polar surface area (TPSA) is 58.5 Å². The first-order valence-electron chi connectivity index (χ1n) is 10.5. The highest BCUT2D eigenvalue weighted by atomic mass is 19.4. The molecule has 33 heavy (non-hydrogen) atoms. The van der Waals surface area contributed by atoms with Crippen LogP contribution in [0.1, 0.15) is 55.1 Å². The van der Waals surface area contributed by atoms with Gasteiger partial charge in [0, 0.05) is 36.5 Å². The zero-order chi connectivity index (χ0) is 24.3. The van der Waals surface area contributed by atoms with E-state index in [0.717, 1.165) is 18.1 Å². The van der Waals surface area contributed by atoms with E-state index in [9.17, 15) is 17.6 Å². The van der Waals surface area contributed by atoms with E-state index in [4.69, 9.17) is 0 Å². The Morgan fingerprint density at radius 1 is 1.21 bits per heavy atom. The molecule has 0 spiro atoms. The minimum Gasteiger partial charge on any atom is -0.316 e. The van der Waals surface area contributed by atoms with E-state index in [1.165, 1.54) is 13.0 Å². The van der Waals surface area contributed by atoms with Crippen LogP contribution in [0.5, 0.6) is 0 Å². The van der Waals surface area contributed by atoms with Gasteiger partial charge in [-0.15, -0.1) is 0 Å². The van der Waals surface area contributed by atoms with E-state index >= 15 is 0 Å². The van der Waals surface area contributed by atoms with Gasteiger partial charge in [0.2, 0.25) is 0 Å². The summed E-state index contributed by atoms with van der Waals surface area (Å²) in [6, 6.07) is 2.25. The summed E-state index contributed by atoms with van der Waals surface area (Å²) >= 11 is 0. The van der Waals surface area contributed by atoms with Crippen LogP contribution in [0, 0.1) is 5.82 Å². The van der Waals surface area contributed by atoms with Gasteiger partial charge < -0.3 is 5.32 Å². The minimum absolute atomic E-state index is 0.0178. The predicted octanol–water partition coefficient (Wildman–Crippen LogP) is 6.06. The number of aryl methyl sites for hydroxylation is 1. The van der Waals surface area contributed by atoms with Gasteiger partial charge in [-0.1, -0.05) is 18.6 Å². The number of aromatic nitrogens is 4. The molecular formula is C24H27F4N5. The van der Waals surface area contributed by atoms with Crippen molar-refractivity contribution in [1.82, 2.24) is 25.3 Å². The molecule has 0 aliphatic rings. The van der Waals surface area contributed by atoms with E-state index in [1.807, 2.05) is 19.9 Å². The number of alkyl halides is 3. The Kier molecular flexibility index (Phi) is 7.22. The van der Waals surface area contributed by atoms with Crippen molar-refractivity contribution in [2.75, 3.05) is 7.05 Å². The summed E-state index contributed by atoms with van der Waals surface area (Å²) in [7, 11) is 3.31. The number of halogens is 4. The standard InChI is InChI=1S/C24H27F4N5/c1-6-14(2)9-20-18(23(32-31-20)17-12-30-33(5)13-17)10-15(3)21-19(25)8-7-16(11-29-4)22(21)24(26,27)28/h7-10,12-13,29H,6,11H2,1-5H3,(H,31,32)/b14-9+,15-10+. The first kappa shape index (κ1) is 24.4. The molecule has 2 aromatic heterocycles. The summed E-state index contributed by atoms with van der Waals surface area (Å²) < 4.78 is 58.6. The summed E-state index contributed by atoms with van der Waals surface area (Å²) in [4.78, 5) is 0. The Morgan fingerprint density at radius 2 is 1.94 bits per heavy atom. The Bertz CT molecular complexity index is 1200. The van der Waals surface area contributed by atoms with Gasteiger partial charge in [-0.2, -0.15) is 23.4 Å². The number of benzene rings is 1. The van der Waals surface area contributed by atoms with Gasteiger partial charge in [-0.05, 0) is 56.7 Å². The van der Waals surface area contributed by atoms with Crippen molar-refractivity contribution >= 4 is 17.7 Å². The van der Waals surface area contributed by atoms with Crippen LogP contribution in [0.3, 0.4) is 0 Å². The highest BCUT2D eigenvalue weighted by molar-refractivity contribution is 5.89. The lowest BCUT2D eigenvalue weighted by Gasteiger charge is -2.19. The van der Waals surface area contributed by atoms with E-state index in [0.29, 0.717) is 22.5 Å². The number of allylic oxidation sites excluding steroid dienone is 2. The van der Waals surface area contributed by atoms with Crippen LogP contribution in [-0.4, -0.2) is 27.0 Å². The molecule has 3 aromatic rings. The zero-order valence-electron chi connectivity index (χ0n) is 19.2. The lowest BCUT2D eigenvalue weighted by Crippen LogP contribution is -2.17. The van der Waals surface area contributed by atoms with E-state index in [-0.39, 0.29) is 17.7 Å². The fourth-order valence-electron chi connectivity index (χ4n) is 3.69. The maximum atomic E-state index is 14.9. The molecule has 3 rings (SSSR count). The molecule has 0 fully saturated rings. The quantitative estimate of drug-likeness (QED) is 0.421. The van der Waals surface area contributed by atoms with Crippen molar-refractivity contribution in [2.45, 2.75) is 39.9 Å². The molecule has 0 radical (unpaired) electrons. The Hall–Kier alpha value is -3.20. The normalized spacial score (nSPS) is 13.1. The molecule has 2 heterocycles. The van der Waals surface area contributed by atoms with Gasteiger partial charge in [0.05, 0.1) is 17.5 Å². The van der Waals surface area contributed by atoms with Crippen LogP contribution in [0.15, 0.2) is 30.1 Å². The van der Waals surface area contributed by atoms with Gasteiger partial charge >= 0.3 is 6.18 Å². The van der Waals surface area contributed by atoms with Crippen molar-refractivity contribution in [3.63, 3.8) is 0 Å². The van der Waals surface area contributed by atoms with Gasteiger partial charge in [-0.3, -0.25) is 9.78 Å². The minimum atomic E-state index is -4.72. The zero-order valence-corrected chi connectivity index (χ0v) is 19.2. The average molecular weight is 462 g/mol. The summed E-state index contributed by atoms with van der Waals surface area (Å²) in [6.07, 6.45) is 2.91. The largest absolute Gasteiger partial charge is 0.417 e. The van der Waals surface area contributed by atoms with Gasteiger partial charge in [-0.25, -0.2) is 4.39 Å². The number of H-pyrrole nitrogens is 1. The second kappa shape index (κ2) is 9.74. The number of aromatic amines is 1. The Labute approximate surface area is 190 Å². The molecule has 0 saturated heterocycles. The van der Waals surface area contributed by atoms with E-state index in [2.05, 4.69) is 20.6 Å². The number of nitrogens with one attached hydrogen (secondary N) is 2. The van der Waals surface area contributed by atoms with Gasteiger partial charge in [0.15, 0.2) is 0 Å². The maximum Gasteiger partial charge on any atom is 0.417 e. The number of rotatable bonds is 7. The van der Waals surface area contributed by atoms with Crippen LogP contribution in [-0.2, 0) is 19.8 Å². The van der Waals surface area contributed by atoms with Crippen LogP contribution in [0.4, 0.5) is 17.6 Å². The summed E-state index contributed by atoms with van der Waals surface area (Å²) in [5.74, 6) is -0.927. The average Bonchev–Trinajstić information content (AvgIpc) is 3.34. The first-order chi connectivity index (χ1) is 15.6. The van der Waals surface area contributed by atoms with Crippen molar-refractivity contribution in [3.8, 4) is 11.3 Å². The molecule has 0 unspecified atom stereocenters. The molecule has 2 N–H and O–H groups in total. The van der Waals surface area contributed by atoms with Crippen molar-refractivity contribution in [3.05, 3.63) is 63.9 Å². The monoisotopic (exact) mass is 461 g/mol. The fraction of sp³-hybridized carbons (Fsp3) is 0.333. The van der Waals surface area contributed by atoms with Gasteiger partial charge in [0.25, 0.3) is 0 Å². The molecule has 0 atom stereocenters. The van der Waals surface area contributed by atoms with Gasteiger partial charge in [0.1, 0.15) is 11.5 Å². The van der Waals surface area contributed by atoms with Crippen molar-refractivity contribution in [2.24, 2.45) is 7.05 Å². The third-order valence-corrected chi connectivity index (χ3v) is 5.41. The molecule has 9 heteroatoms. The van der Waals surface area contributed by atoms with Crippen molar-refractivity contribution in [1.29, 1.82) is 0 Å². The number of hydrogen-bond donors (Lipinski definition) is 2. The second-order valence-corrected chi connectivity index (χ2v) is 7.96. The van der Waals surface area contributed by atoms with Crippen LogP contribution in [0.25, 0.3) is 29.0 Å². The number of nitrogens with zero attached hydrogens (tertiary/aromatic N) is 3. The third kappa shape index (κ3) is 5.24. The highest BCUT2D eigenvalue weighted by Crippen LogP contribution is 2.40. The molecule has 0 amide bonds. The summed E-state index contributed by atoms with van der Waals surface area (Å²) in [5.41, 5.74) is 2.17. The van der Waals surface area contributed by atoms with E-state index in [1.54, 1.807) is 37.2 Å². The molecule has 0 aliphatic carbocycles. The molecule has 0 saturated carbocycles. The lowest BCUT2D eigenvalue weighted by atomic mass is 9.92. The second-order valence-electron chi connectivity index (χ2n) is 7.96. The molecule has 0 bridgehead atoms. The Balaban J connectivity index is 2.27. The summed E-state index contributed by atoms with van der Waals surface area (Å²) in [6.45, 7) is 5.40. The third-order valence-electron chi connectivity index (χ3n) is 5.41. The van der Waals surface area contributed by atoms with Crippen LogP contribution < -0.4 is 5.32 Å². The van der Waals surface area contributed by atoms with Crippen LogP contribution >= 0.6 is 0 Å². The predicted molar refractivity (Wildman–Crippen MR) is 122 cm³/mol. The van der Waals surface area contributed by atoms with Crippen molar-refractivity contribution < 1.29 is 17.6 Å². The molecule has 176 valence electrons. The molecular weight excluding hydrogens is 434 g/mol. The fourth-order valence-corrected chi connectivity index (χ4v) is 3.69. The lowest BCUT2D eigenvalue weighted by molar-refractivity contribution is -0.138. The molecule has 0 aliphatic heterocycles. The van der Waals surface area contributed by atoms with Crippen LogP contribution in [0.2, 0.25) is 0 Å². The smallest absolute Gasteiger partial charge is 0.316 e. The maximum absolute atomic E-state index is 14.9.